The molecule has 2 aliphatic rings. The van der Waals surface area contributed by atoms with E-state index in [9.17, 15) is 4.79 Å². The Balaban J connectivity index is 1.32. The zero-order chi connectivity index (χ0) is 24.8. The van der Waals surface area contributed by atoms with Gasteiger partial charge in [-0.15, -0.1) is 0 Å². The Morgan fingerprint density at radius 3 is 2.57 bits per heavy atom. The number of piperidine rings is 1. The van der Waals surface area contributed by atoms with Gasteiger partial charge >= 0.3 is 0 Å². The van der Waals surface area contributed by atoms with Gasteiger partial charge in [-0.25, -0.2) is 4.98 Å². The summed E-state index contributed by atoms with van der Waals surface area (Å²) in [4.78, 5) is 31.3. The number of nitrogens with zero attached hydrogens (tertiary/aromatic N) is 5. The van der Waals surface area contributed by atoms with Gasteiger partial charge in [0.05, 0.1) is 12.5 Å². The molecule has 4 rings (SSSR count). The van der Waals surface area contributed by atoms with Crippen LogP contribution < -0.4 is 22.1 Å². The summed E-state index contributed by atoms with van der Waals surface area (Å²) in [5, 5.41) is 6.72. The molecule has 0 radical (unpaired) electrons. The summed E-state index contributed by atoms with van der Waals surface area (Å²) >= 11 is 0. The summed E-state index contributed by atoms with van der Waals surface area (Å²) in [7, 11) is 0. The fraction of sp³-hybridized carbons (Fsp3) is 0.542. The highest BCUT2D eigenvalue weighted by Gasteiger charge is 2.19. The van der Waals surface area contributed by atoms with Crippen LogP contribution in [-0.2, 0) is 0 Å². The number of carbonyl (C=O) groups excluding carboxylic acids is 1. The lowest BCUT2D eigenvalue weighted by atomic mass is 10.1. The lowest BCUT2D eigenvalue weighted by Crippen LogP contribution is -2.49. The molecule has 0 atom stereocenters. The van der Waals surface area contributed by atoms with Gasteiger partial charge in [0.15, 0.2) is 0 Å². The fourth-order valence-corrected chi connectivity index (χ4v) is 4.44. The number of anilines is 1. The maximum atomic E-state index is 12.6. The first kappa shape index (κ1) is 24.8. The molecule has 2 saturated heterocycles. The summed E-state index contributed by atoms with van der Waals surface area (Å²) in [5.41, 5.74) is 13.4. The first-order chi connectivity index (χ1) is 16.9. The Bertz CT molecular complexity index is 1060. The van der Waals surface area contributed by atoms with Crippen molar-refractivity contribution in [3.63, 3.8) is 0 Å². The van der Waals surface area contributed by atoms with Gasteiger partial charge in [-0.05, 0) is 58.0 Å². The molecule has 4 heterocycles. The molecular weight excluding hydrogens is 444 g/mol. The highest BCUT2D eigenvalue weighted by molar-refractivity contribution is 5.97. The van der Waals surface area contributed by atoms with Crippen molar-refractivity contribution in [2.24, 2.45) is 11.5 Å². The standard InChI is InChI=1S/C24H38N10O/c1-17(2)33-10-12-34(13-11-33)21(26)7-6-20(25)30-24-27-15-18-14-19(29-22(18)31-24)23(35)28-16-32-8-4-3-5-9-32/h6-7,14-15,17H,3-5,8-13,16,25-26H2,1-2H3,(H,28,35)(H2,27,29,30,31)/b20-6+,21-7+. The molecule has 0 saturated carbocycles. The molecule has 2 fully saturated rings. The van der Waals surface area contributed by atoms with Crippen LogP contribution in [0.5, 0.6) is 0 Å². The normalized spacial score (nSPS) is 18.9. The minimum atomic E-state index is -0.155. The molecule has 11 nitrogen and oxygen atoms in total. The van der Waals surface area contributed by atoms with Gasteiger partial charge in [0.25, 0.3) is 5.91 Å². The lowest BCUT2D eigenvalue weighted by molar-refractivity contribution is 0.0910. The van der Waals surface area contributed by atoms with Crippen molar-refractivity contribution >= 4 is 22.9 Å². The van der Waals surface area contributed by atoms with Gasteiger partial charge in [0.1, 0.15) is 17.2 Å². The predicted octanol–water partition coefficient (Wildman–Crippen LogP) is 1.17. The third kappa shape index (κ3) is 6.64. The Morgan fingerprint density at radius 2 is 1.86 bits per heavy atom. The quantitative estimate of drug-likeness (QED) is 0.350. The highest BCUT2D eigenvalue weighted by Crippen LogP contribution is 2.15. The Kier molecular flexibility index (Phi) is 8.09. The summed E-state index contributed by atoms with van der Waals surface area (Å²) in [5.74, 6) is 1.24. The molecule has 11 heteroatoms. The minimum Gasteiger partial charge on any atom is -0.385 e. The second-order valence-corrected chi connectivity index (χ2v) is 9.48. The smallest absolute Gasteiger partial charge is 0.268 e. The zero-order valence-corrected chi connectivity index (χ0v) is 20.8. The predicted molar refractivity (Wildman–Crippen MR) is 138 cm³/mol. The second-order valence-electron chi connectivity index (χ2n) is 9.48. The van der Waals surface area contributed by atoms with Crippen molar-refractivity contribution in [2.75, 3.05) is 51.3 Å². The van der Waals surface area contributed by atoms with Gasteiger partial charge in [-0.1, -0.05) is 6.42 Å². The topological polar surface area (TPSA) is 144 Å². The first-order valence-electron chi connectivity index (χ1n) is 12.4. The van der Waals surface area contributed by atoms with E-state index in [-0.39, 0.29) is 5.91 Å². The number of allylic oxidation sites excluding steroid dienone is 2. The highest BCUT2D eigenvalue weighted by atomic mass is 16.2. The second kappa shape index (κ2) is 11.4. The van der Waals surface area contributed by atoms with Crippen molar-refractivity contribution in [2.45, 2.75) is 39.2 Å². The molecule has 2 aromatic heterocycles. The zero-order valence-electron chi connectivity index (χ0n) is 20.8. The summed E-state index contributed by atoms with van der Waals surface area (Å²) in [6.45, 7) is 10.8. The number of rotatable bonds is 8. The van der Waals surface area contributed by atoms with E-state index in [0.29, 0.717) is 41.6 Å². The molecule has 35 heavy (non-hydrogen) atoms. The number of aromatic nitrogens is 3. The molecule has 190 valence electrons. The molecule has 2 aliphatic heterocycles. The Morgan fingerprint density at radius 1 is 1.11 bits per heavy atom. The van der Waals surface area contributed by atoms with Gasteiger partial charge in [0.2, 0.25) is 5.95 Å². The number of nitrogens with one attached hydrogen (secondary N) is 3. The average Bonchev–Trinajstić information content (AvgIpc) is 3.30. The fourth-order valence-electron chi connectivity index (χ4n) is 4.44. The Labute approximate surface area is 206 Å². The number of amides is 1. The number of likely N-dealkylation sites (tertiary alicyclic amines) is 1. The summed E-state index contributed by atoms with van der Waals surface area (Å²) < 4.78 is 0. The van der Waals surface area contributed by atoms with Crippen molar-refractivity contribution < 1.29 is 4.79 Å². The number of aromatic amines is 1. The summed E-state index contributed by atoms with van der Waals surface area (Å²) in [6, 6.07) is 2.30. The van der Waals surface area contributed by atoms with E-state index < -0.39 is 0 Å². The van der Waals surface area contributed by atoms with Crippen molar-refractivity contribution in [3.8, 4) is 0 Å². The SMILES string of the molecule is CC(C)N1CCN(/C(N)=C/C=C(\N)Nc2ncc3cc(C(=O)NCN4CCCCC4)[nH]c3n2)CC1. The van der Waals surface area contributed by atoms with Crippen LogP contribution in [0, 0.1) is 0 Å². The number of carbonyl (C=O) groups is 1. The average molecular weight is 483 g/mol. The Hall–Kier alpha value is -3.31. The van der Waals surface area contributed by atoms with Gasteiger partial charge in [-0.2, -0.15) is 4.98 Å². The molecule has 0 bridgehead atoms. The van der Waals surface area contributed by atoms with Crippen molar-refractivity contribution in [3.05, 3.63) is 41.8 Å². The van der Waals surface area contributed by atoms with E-state index >= 15 is 0 Å². The van der Waals surface area contributed by atoms with Crippen LogP contribution in [0.25, 0.3) is 11.0 Å². The van der Waals surface area contributed by atoms with Crippen LogP contribution in [0.15, 0.2) is 36.1 Å². The van der Waals surface area contributed by atoms with Crippen LogP contribution in [0.4, 0.5) is 5.95 Å². The molecule has 0 aliphatic carbocycles. The third-order valence-electron chi connectivity index (χ3n) is 6.63. The number of nitrogens with two attached hydrogens (primary N) is 2. The maximum Gasteiger partial charge on any atom is 0.268 e. The van der Waals surface area contributed by atoms with E-state index in [2.05, 4.69) is 54.1 Å². The molecular formula is C24H38N10O. The monoisotopic (exact) mass is 482 g/mol. The number of hydrogen-bond acceptors (Lipinski definition) is 9. The molecule has 0 spiro atoms. The number of hydrogen-bond donors (Lipinski definition) is 5. The summed E-state index contributed by atoms with van der Waals surface area (Å²) in [6.07, 6.45) is 8.80. The van der Waals surface area contributed by atoms with Crippen molar-refractivity contribution in [1.82, 2.24) is 35.0 Å². The van der Waals surface area contributed by atoms with E-state index in [1.165, 1.54) is 19.3 Å². The molecule has 1 amide bonds. The van der Waals surface area contributed by atoms with Crippen LogP contribution in [-0.4, -0.2) is 87.5 Å². The minimum absolute atomic E-state index is 0.155. The van der Waals surface area contributed by atoms with Gasteiger partial charge in [0, 0.05) is 43.8 Å². The van der Waals surface area contributed by atoms with E-state index in [4.69, 9.17) is 11.5 Å². The maximum absolute atomic E-state index is 12.6. The molecule has 7 N–H and O–H groups in total. The number of fused-ring (bicyclic) bond motifs is 1. The first-order valence-corrected chi connectivity index (χ1v) is 12.4. The molecule has 2 aromatic rings. The lowest BCUT2D eigenvalue weighted by Gasteiger charge is -2.38. The van der Waals surface area contributed by atoms with Gasteiger partial charge in [-0.3, -0.25) is 14.6 Å². The van der Waals surface area contributed by atoms with Crippen LogP contribution >= 0.6 is 0 Å². The number of H-pyrrole nitrogens is 1. The van der Waals surface area contributed by atoms with E-state index in [0.717, 1.165) is 44.7 Å². The van der Waals surface area contributed by atoms with Crippen molar-refractivity contribution in [1.29, 1.82) is 0 Å². The van der Waals surface area contributed by atoms with Crippen LogP contribution in [0.3, 0.4) is 0 Å². The number of piperazine rings is 1. The molecule has 0 unspecified atom stereocenters. The van der Waals surface area contributed by atoms with Crippen LogP contribution in [0.1, 0.15) is 43.6 Å². The third-order valence-corrected chi connectivity index (χ3v) is 6.63. The molecule has 0 aromatic carbocycles. The van der Waals surface area contributed by atoms with E-state index in [1.54, 1.807) is 24.4 Å². The largest absolute Gasteiger partial charge is 0.385 e. The van der Waals surface area contributed by atoms with Gasteiger partial charge < -0.3 is 32.0 Å². The van der Waals surface area contributed by atoms with Crippen LogP contribution in [0.2, 0.25) is 0 Å². The van der Waals surface area contributed by atoms with E-state index in [1.807, 2.05) is 0 Å².